The lowest BCUT2D eigenvalue weighted by Gasteiger charge is -2.16. The number of ether oxygens (including phenoxy) is 1. The molecule has 0 rings (SSSR count). The van der Waals surface area contributed by atoms with Crippen LogP contribution in [0.4, 0.5) is 4.79 Å². The zero-order valence-corrected chi connectivity index (χ0v) is 11.5. The maximum Gasteiger partial charge on any atom is 0.329 e. The molecule has 0 aromatic heterocycles. The predicted octanol–water partition coefficient (Wildman–Crippen LogP) is -1.01. The number of nitrogens with two attached hydrogens (primary N) is 1. The number of amides is 3. The summed E-state index contributed by atoms with van der Waals surface area (Å²) in [4.78, 5) is 32.7. The van der Waals surface area contributed by atoms with Gasteiger partial charge in [0.25, 0.3) is 0 Å². The fourth-order valence-electron chi connectivity index (χ4n) is 1.21. The first-order valence-corrected chi connectivity index (χ1v) is 6.99. The van der Waals surface area contributed by atoms with Crippen molar-refractivity contribution in [2.45, 2.75) is 12.5 Å². The van der Waals surface area contributed by atoms with Crippen LogP contribution in [-0.2, 0) is 14.3 Å². The molecular weight excluding hydrogens is 274 g/mol. The van der Waals surface area contributed by atoms with E-state index in [0.717, 1.165) is 0 Å². The maximum absolute atomic E-state index is 11.7. The summed E-state index contributed by atoms with van der Waals surface area (Å²) in [6.45, 7) is -0.155. The van der Waals surface area contributed by atoms with E-state index < -0.39 is 24.6 Å². The van der Waals surface area contributed by atoms with Crippen molar-refractivity contribution in [3.8, 4) is 0 Å². The molecule has 5 N–H and O–H groups in total. The smallest absolute Gasteiger partial charge is 0.329 e. The van der Waals surface area contributed by atoms with Crippen molar-refractivity contribution in [3.63, 3.8) is 0 Å². The van der Waals surface area contributed by atoms with E-state index in [1.54, 1.807) is 11.8 Å². The average Bonchev–Trinajstić information content (AvgIpc) is 2.32. The molecule has 1 unspecified atom stereocenters. The SMILES string of the molecule is CSCCC(NC(N)=O)C(=O)NCCOCC(=O)O. The third-order valence-corrected chi connectivity index (χ3v) is 2.66. The van der Waals surface area contributed by atoms with Crippen molar-refractivity contribution in [2.24, 2.45) is 5.73 Å². The average molecular weight is 293 g/mol. The molecule has 19 heavy (non-hydrogen) atoms. The van der Waals surface area contributed by atoms with E-state index in [-0.39, 0.29) is 19.1 Å². The van der Waals surface area contributed by atoms with Crippen LogP contribution in [0.2, 0.25) is 0 Å². The van der Waals surface area contributed by atoms with Crippen LogP contribution >= 0.6 is 11.8 Å². The Kier molecular flexibility index (Phi) is 9.63. The molecule has 0 fully saturated rings. The number of carbonyl (C=O) groups excluding carboxylic acids is 2. The minimum Gasteiger partial charge on any atom is -0.480 e. The largest absolute Gasteiger partial charge is 0.480 e. The highest BCUT2D eigenvalue weighted by Crippen LogP contribution is 2.00. The molecule has 0 radical (unpaired) electrons. The van der Waals surface area contributed by atoms with E-state index in [0.29, 0.717) is 12.2 Å². The van der Waals surface area contributed by atoms with Crippen LogP contribution < -0.4 is 16.4 Å². The van der Waals surface area contributed by atoms with Crippen LogP contribution in [0.25, 0.3) is 0 Å². The van der Waals surface area contributed by atoms with E-state index >= 15 is 0 Å². The van der Waals surface area contributed by atoms with Crippen LogP contribution in [-0.4, -0.2) is 60.8 Å². The summed E-state index contributed by atoms with van der Waals surface area (Å²) < 4.78 is 4.76. The molecular formula is C10H19N3O5S. The number of nitrogens with one attached hydrogen (secondary N) is 2. The minimum absolute atomic E-state index is 0.0872. The van der Waals surface area contributed by atoms with Gasteiger partial charge >= 0.3 is 12.0 Å². The number of thioether (sulfide) groups is 1. The normalized spacial score (nSPS) is 11.6. The van der Waals surface area contributed by atoms with Crippen molar-refractivity contribution in [1.82, 2.24) is 10.6 Å². The topological polar surface area (TPSA) is 131 Å². The molecule has 0 saturated carbocycles. The summed E-state index contributed by atoms with van der Waals surface area (Å²) in [5.41, 5.74) is 4.99. The molecule has 0 aromatic rings. The molecule has 0 saturated heterocycles. The number of rotatable bonds is 10. The summed E-state index contributed by atoms with van der Waals surface area (Å²) in [5, 5.41) is 13.2. The molecule has 9 heteroatoms. The zero-order valence-electron chi connectivity index (χ0n) is 10.7. The summed E-state index contributed by atoms with van der Waals surface area (Å²) in [6, 6.07) is -1.45. The van der Waals surface area contributed by atoms with E-state index in [9.17, 15) is 14.4 Å². The number of carboxylic acid groups (broad SMARTS) is 1. The lowest BCUT2D eigenvalue weighted by Crippen LogP contribution is -2.49. The van der Waals surface area contributed by atoms with Crippen LogP contribution in [0, 0.1) is 0 Å². The Labute approximate surface area is 115 Å². The third kappa shape index (κ3) is 10.2. The summed E-state index contributed by atoms with van der Waals surface area (Å²) in [6.07, 6.45) is 2.35. The standard InChI is InChI=1S/C10H19N3O5S/c1-19-5-2-7(13-10(11)17)9(16)12-3-4-18-6-8(14)15/h7H,2-6H2,1H3,(H,12,16)(H,14,15)(H3,11,13,17). The monoisotopic (exact) mass is 293 g/mol. The fourth-order valence-corrected chi connectivity index (χ4v) is 1.68. The van der Waals surface area contributed by atoms with Gasteiger partial charge in [-0.2, -0.15) is 11.8 Å². The van der Waals surface area contributed by atoms with Gasteiger partial charge in [-0.1, -0.05) is 0 Å². The Bertz CT molecular complexity index is 314. The van der Waals surface area contributed by atoms with Crippen LogP contribution in [0.5, 0.6) is 0 Å². The lowest BCUT2D eigenvalue weighted by molar-refractivity contribution is -0.142. The Balaban J connectivity index is 3.95. The van der Waals surface area contributed by atoms with Crippen LogP contribution in [0.15, 0.2) is 0 Å². The number of urea groups is 1. The Hall–Kier alpha value is -1.48. The van der Waals surface area contributed by atoms with Gasteiger partial charge in [-0.05, 0) is 18.4 Å². The summed E-state index contributed by atoms with van der Waals surface area (Å²) >= 11 is 1.55. The molecule has 110 valence electrons. The number of carboxylic acids is 1. The van der Waals surface area contributed by atoms with Crippen LogP contribution in [0.1, 0.15) is 6.42 Å². The van der Waals surface area contributed by atoms with Crippen molar-refractivity contribution >= 4 is 29.7 Å². The molecule has 0 spiro atoms. The second kappa shape index (κ2) is 10.4. The Morgan fingerprint density at radius 1 is 1.42 bits per heavy atom. The maximum atomic E-state index is 11.7. The first kappa shape index (κ1) is 17.5. The highest BCUT2D eigenvalue weighted by molar-refractivity contribution is 7.98. The highest BCUT2D eigenvalue weighted by atomic mass is 32.2. The summed E-state index contributed by atoms with van der Waals surface area (Å²) in [5.74, 6) is -0.736. The molecule has 0 aliphatic rings. The van der Waals surface area contributed by atoms with Gasteiger partial charge in [0.15, 0.2) is 0 Å². The molecule has 8 nitrogen and oxygen atoms in total. The van der Waals surface area contributed by atoms with Gasteiger partial charge in [0.2, 0.25) is 5.91 Å². The summed E-state index contributed by atoms with van der Waals surface area (Å²) in [7, 11) is 0. The number of carbonyl (C=O) groups is 3. The molecule has 0 bridgehead atoms. The van der Waals surface area contributed by atoms with E-state index in [2.05, 4.69) is 10.6 Å². The molecule has 0 aromatic carbocycles. The number of aliphatic carboxylic acids is 1. The molecule has 3 amide bonds. The third-order valence-electron chi connectivity index (χ3n) is 2.01. The van der Waals surface area contributed by atoms with Crippen molar-refractivity contribution in [3.05, 3.63) is 0 Å². The first-order chi connectivity index (χ1) is 8.97. The van der Waals surface area contributed by atoms with Gasteiger partial charge in [-0.3, -0.25) is 4.79 Å². The van der Waals surface area contributed by atoms with E-state index in [1.165, 1.54) is 0 Å². The number of hydrogen-bond acceptors (Lipinski definition) is 5. The zero-order chi connectivity index (χ0) is 14.7. The Morgan fingerprint density at radius 2 is 2.11 bits per heavy atom. The van der Waals surface area contributed by atoms with Gasteiger partial charge in [0, 0.05) is 6.54 Å². The van der Waals surface area contributed by atoms with Gasteiger partial charge in [-0.15, -0.1) is 0 Å². The molecule has 0 heterocycles. The van der Waals surface area contributed by atoms with Crippen LogP contribution in [0.3, 0.4) is 0 Å². The Morgan fingerprint density at radius 3 is 2.63 bits per heavy atom. The van der Waals surface area contributed by atoms with Crippen molar-refractivity contribution in [2.75, 3.05) is 31.8 Å². The van der Waals surface area contributed by atoms with Gasteiger partial charge in [0.05, 0.1) is 6.61 Å². The highest BCUT2D eigenvalue weighted by Gasteiger charge is 2.18. The van der Waals surface area contributed by atoms with Gasteiger partial charge < -0.3 is 26.2 Å². The second-order valence-electron chi connectivity index (χ2n) is 3.58. The van der Waals surface area contributed by atoms with E-state index in [4.69, 9.17) is 15.6 Å². The minimum atomic E-state index is -1.07. The van der Waals surface area contributed by atoms with Crippen molar-refractivity contribution < 1.29 is 24.2 Å². The molecule has 0 aliphatic carbocycles. The van der Waals surface area contributed by atoms with E-state index in [1.807, 2.05) is 6.26 Å². The fraction of sp³-hybridized carbons (Fsp3) is 0.700. The van der Waals surface area contributed by atoms with Gasteiger partial charge in [-0.25, -0.2) is 9.59 Å². The number of primary amides is 1. The predicted molar refractivity (Wildman–Crippen MR) is 71.0 cm³/mol. The van der Waals surface area contributed by atoms with Gasteiger partial charge in [0.1, 0.15) is 12.6 Å². The first-order valence-electron chi connectivity index (χ1n) is 5.59. The number of hydrogen-bond donors (Lipinski definition) is 4. The lowest BCUT2D eigenvalue weighted by atomic mass is 10.2. The quantitative estimate of drug-likeness (QED) is 0.382. The second-order valence-corrected chi connectivity index (χ2v) is 4.57. The molecule has 1 atom stereocenters. The molecule has 0 aliphatic heterocycles. The van der Waals surface area contributed by atoms with Crippen molar-refractivity contribution in [1.29, 1.82) is 0 Å².